The molecule has 20 heavy (non-hydrogen) atoms. The first kappa shape index (κ1) is 13.1. The normalized spacial score (nSPS) is 18.9. The van der Waals surface area contributed by atoms with Crippen molar-refractivity contribution >= 4 is 11.8 Å². The summed E-state index contributed by atoms with van der Waals surface area (Å²) in [7, 11) is 1.44. The first-order valence-electron chi connectivity index (χ1n) is 7.15. The highest BCUT2D eigenvalue weighted by atomic mass is 16.5. The van der Waals surface area contributed by atoms with Gasteiger partial charge in [0.15, 0.2) is 5.82 Å². The summed E-state index contributed by atoms with van der Waals surface area (Å²) in [6.45, 7) is 1.86. The maximum Gasteiger partial charge on any atom is 0.360 e. The Kier molecular flexibility index (Phi) is 3.46. The van der Waals surface area contributed by atoms with Gasteiger partial charge in [-0.05, 0) is 32.1 Å². The largest absolute Gasteiger partial charge is 0.479 e. The first-order chi connectivity index (χ1) is 9.70. The van der Waals surface area contributed by atoms with E-state index in [0.29, 0.717) is 5.92 Å². The van der Waals surface area contributed by atoms with E-state index in [2.05, 4.69) is 14.9 Å². The van der Waals surface area contributed by atoms with Crippen molar-refractivity contribution in [3.63, 3.8) is 0 Å². The third kappa shape index (κ3) is 2.42. The second-order valence-corrected chi connectivity index (χ2v) is 5.42. The molecule has 108 valence electrons. The molecular formula is C14H19N3O3. The number of hydrogen-bond donors (Lipinski definition) is 1. The number of ether oxygens (including phenoxy) is 1. The first-order valence-corrected chi connectivity index (χ1v) is 7.15. The lowest BCUT2D eigenvalue weighted by Crippen LogP contribution is -2.32. The number of carboxylic acids is 1. The Morgan fingerprint density at radius 3 is 2.50 bits per heavy atom. The van der Waals surface area contributed by atoms with E-state index in [-0.39, 0.29) is 11.6 Å². The molecular weight excluding hydrogens is 258 g/mol. The molecule has 0 atom stereocenters. The van der Waals surface area contributed by atoms with Crippen LogP contribution in [0.1, 0.15) is 54.2 Å². The fourth-order valence-corrected chi connectivity index (χ4v) is 2.67. The molecule has 2 heterocycles. The van der Waals surface area contributed by atoms with Gasteiger partial charge in [0.05, 0.1) is 12.8 Å². The summed E-state index contributed by atoms with van der Waals surface area (Å²) in [6.07, 6.45) is 5.68. The van der Waals surface area contributed by atoms with E-state index in [9.17, 15) is 9.90 Å². The molecule has 0 bridgehead atoms. The number of carbonyl (C=O) groups is 1. The molecule has 1 saturated carbocycles. The van der Waals surface area contributed by atoms with E-state index < -0.39 is 5.97 Å². The average molecular weight is 277 g/mol. The molecule has 1 aliphatic heterocycles. The zero-order chi connectivity index (χ0) is 14.1. The number of nitrogens with zero attached hydrogens (tertiary/aromatic N) is 3. The second-order valence-electron chi connectivity index (χ2n) is 5.42. The van der Waals surface area contributed by atoms with Gasteiger partial charge in [-0.2, -0.15) is 0 Å². The molecule has 1 N–H and O–H groups in total. The highest BCUT2D eigenvalue weighted by Crippen LogP contribution is 2.44. The predicted octanol–water partition coefficient (Wildman–Crippen LogP) is 2.05. The third-order valence-electron chi connectivity index (χ3n) is 3.89. The van der Waals surface area contributed by atoms with Crippen LogP contribution in [-0.4, -0.2) is 41.2 Å². The van der Waals surface area contributed by atoms with Crippen molar-refractivity contribution in [1.82, 2.24) is 9.97 Å². The minimum absolute atomic E-state index is 0.0857. The van der Waals surface area contributed by atoms with E-state index in [1.807, 2.05) is 0 Å². The number of anilines is 1. The molecule has 6 heteroatoms. The quantitative estimate of drug-likeness (QED) is 0.907. The number of piperidine rings is 1. The molecule has 0 amide bonds. The van der Waals surface area contributed by atoms with Gasteiger partial charge in [0.25, 0.3) is 0 Å². The summed E-state index contributed by atoms with van der Waals surface area (Å²) in [5, 5.41) is 9.26. The lowest BCUT2D eigenvalue weighted by Gasteiger charge is -2.29. The van der Waals surface area contributed by atoms with Crippen molar-refractivity contribution in [2.75, 3.05) is 25.1 Å². The zero-order valence-electron chi connectivity index (χ0n) is 11.6. The molecule has 1 aromatic heterocycles. The Balaban J connectivity index is 2.04. The molecule has 2 fully saturated rings. The maximum atomic E-state index is 11.3. The van der Waals surface area contributed by atoms with Crippen molar-refractivity contribution in [3.05, 3.63) is 11.4 Å². The van der Waals surface area contributed by atoms with Gasteiger partial charge in [-0.3, -0.25) is 0 Å². The lowest BCUT2D eigenvalue weighted by molar-refractivity contribution is 0.0685. The highest BCUT2D eigenvalue weighted by molar-refractivity contribution is 5.88. The Labute approximate surface area is 117 Å². The van der Waals surface area contributed by atoms with Gasteiger partial charge < -0.3 is 14.7 Å². The van der Waals surface area contributed by atoms with Crippen molar-refractivity contribution in [2.24, 2.45) is 0 Å². The van der Waals surface area contributed by atoms with E-state index in [4.69, 9.17) is 4.74 Å². The molecule has 0 aromatic carbocycles. The predicted molar refractivity (Wildman–Crippen MR) is 73.6 cm³/mol. The van der Waals surface area contributed by atoms with Crippen molar-refractivity contribution in [2.45, 2.75) is 38.0 Å². The summed E-state index contributed by atoms with van der Waals surface area (Å²) in [5.41, 5.74) is 0.825. The van der Waals surface area contributed by atoms with Crippen molar-refractivity contribution in [1.29, 1.82) is 0 Å². The van der Waals surface area contributed by atoms with Crippen LogP contribution in [0, 0.1) is 0 Å². The van der Waals surface area contributed by atoms with Crippen LogP contribution in [0.15, 0.2) is 0 Å². The molecule has 6 nitrogen and oxygen atoms in total. The minimum Gasteiger partial charge on any atom is -0.479 e. The SMILES string of the molecule is COc1nc(C2CC2)c(N2CCCCC2)nc1C(=O)O. The van der Waals surface area contributed by atoms with E-state index >= 15 is 0 Å². The van der Waals surface area contributed by atoms with Gasteiger partial charge in [-0.15, -0.1) is 0 Å². The van der Waals surface area contributed by atoms with E-state index in [1.165, 1.54) is 13.5 Å². The number of aromatic nitrogens is 2. The smallest absolute Gasteiger partial charge is 0.360 e. The van der Waals surface area contributed by atoms with Crippen molar-refractivity contribution < 1.29 is 14.6 Å². The van der Waals surface area contributed by atoms with Crippen LogP contribution in [0.4, 0.5) is 5.82 Å². The summed E-state index contributed by atoms with van der Waals surface area (Å²) < 4.78 is 5.09. The Bertz CT molecular complexity index is 523. The standard InChI is InChI=1S/C14H19N3O3/c1-20-13-11(14(18)19)15-12(10(16-13)9-5-6-9)17-7-3-2-4-8-17/h9H,2-8H2,1H3,(H,18,19). The number of hydrogen-bond acceptors (Lipinski definition) is 5. The summed E-state index contributed by atoms with van der Waals surface area (Å²) >= 11 is 0. The van der Waals surface area contributed by atoms with E-state index in [0.717, 1.165) is 50.3 Å². The maximum absolute atomic E-state index is 11.3. The Morgan fingerprint density at radius 2 is 1.95 bits per heavy atom. The van der Waals surface area contributed by atoms with Crippen LogP contribution in [-0.2, 0) is 0 Å². The fraction of sp³-hybridized carbons (Fsp3) is 0.643. The van der Waals surface area contributed by atoms with Gasteiger partial charge in [-0.1, -0.05) is 0 Å². The molecule has 0 spiro atoms. The third-order valence-corrected chi connectivity index (χ3v) is 3.89. The van der Waals surface area contributed by atoms with E-state index in [1.54, 1.807) is 0 Å². The van der Waals surface area contributed by atoms with Gasteiger partial charge in [0, 0.05) is 19.0 Å². The van der Waals surface area contributed by atoms with Crippen LogP contribution in [0.5, 0.6) is 5.88 Å². The minimum atomic E-state index is -1.09. The lowest BCUT2D eigenvalue weighted by atomic mass is 10.1. The van der Waals surface area contributed by atoms with Crippen LogP contribution >= 0.6 is 0 Å². The number of rotatable bonds is 4. The number of methoxy groups -OCH3 is 1. The summed E-state index contributed by atoms with van der Waals surface area (Å²) in [5.74, 6) is 0.205. The van der Waals surface area contributed by atoms with Crippen LogP contribution < -0.4 is 9.64 Å². The molecule has 0 radical (unpaired) electrons. The van der Waals surface area contributed by atoms with Crippen LogP contribution in [0.25, 0.3) is 0 Å². The molecule has 1 aromatic rings. The molecule has 1 saturated heterocycles. The number of aromatic carboxylic acids is 1. The summed E-state index contributed by atoms with van der Waals surface area (Å²) in [6, 6.07) is 0. The fourth-order valence-electron chi connectivity index (χ4n) is 2.67. The second kappa shape index (κ2) is 5.26. The van der Waals surface area contributed by atoms with Gasteiger partial charge in [0.2, 0.25) is 11.6 Å². The average Bonchev–Trinajstić information content (AvgIpc) is 3.31. The zero-order valence-corrected chi connectivity index (χ0v) is 11.6. The molecule has 1 aliphatic carbocycles. The highest BCUT2D eigenvalue weighted by Gasteiger charge is 2.33. The topological polar surface area (TPSA) is 75.5 Å². The molecule has 3 rings (SSSR count). The van der Waals surface area contributed by atoms with Crippen LogP contribution in [0.3, 0.4) is 0 Å². The molecule has 0 unspecified atom stereocenters. The molecule has 2 aliphatic rings. The Morgan fingerprint density at radius 1 is 1.25 bits per heavy atom. The van der Waals surface area contributed by atoms with Gasteiger partial charge in [0.1, 0.15) is 0 Å². The van der Waals surface area contributed by atoms with Gasteiger partial charge >= 0.3 is 5.97 Å². The number of carboxylic acid groups (broad SMARTS) is 1. The van der Waals surface area contributed by atoms with Crippen molar-refractivity contribution in [3.8, 4) is 5.88 Å². The monoisotopic (exact) mass is 277 g/mol. The van der Waals surface area contributed by atoms with Gasteiger partial charge in [-0.25, -0.2) is 14.8 Å². The Hall–Kier alpha value is -1.85. The summed E-state index contributed by atoms with van der Waals surface area (Å²) in [4.78, 5) is 22.3. The van der Waals surface area contributed by atoms with Crippen LogP contribution in [0.2, 0.25) is 0 Å².